The topological polar surface area (TPSA) is 86.2 Å². The first-order valence-electron chi connectivity index (χ1n) is 10.6. The first kappa shape index (κ1) is 24.0. The van der Waals surface area contributed by atoms with E-state index in [2.05, 4.69) is 26.5 Å². The first-order chi connectivity index (χ1) is 17.0. The van der Waals surface area contributed by atoms with Gasteiger partial charge in [0.1, 0.15) is 17.2 Å². The number of nitrogens with zero attached hydrogens (tertiary/aromatic N) is 1. The third-order valence-electron chi connectivity index (χ3n) is 5.00. The van der Waals surface area contributed by atoms with Crippen LogP contribution in [-0.4, -0.2) is 31.8 Å². The number of esters is 1. The van der Waals surface area contributed by atoms with Gasteiger partial charge in [0.2, 0.25) is 0 Å². The van der Waals surface area contributed by atoms with Crippen LogP contribution in [0.3, 0.4) is 0 Å². The van der Waals surface area contributed by atoms with Crippen molar-refractivity contribution in [2.24, 2.45) is 5.10 Å². The van der Waals surface area contributed by atoms with Crippen molar-refractivity contribution < 1.29 is 23.8 Å². The van der Waals surface area contributed by atoms with Crippen LogP contribution in [0.5, 0.6) is 17.2 Å². The number of hydrazone groups is 1. The van der Waals surface area contributed by atoms with E-state index in [-0.39, 0.29) is 6.61 Å². The number of hydrogen-bond donors (Lipinski definition) is 1. The summed E-state index contributed by atoms with van der Waals surface area (Å²) in [7, 11) is 1.55. The zero-order chi connectivity index (χ0) is 24.6. The number of ether oxygens (including phenoxy) is 3. The Bertz CT molecular complexity index is 1380. The van der Waals surface area contributed by atoms with Crippen molar-refractivity contribution in [3.05, 3.63) is 101 Å². The maximum absolute atomic E-state index is 12.5. The molecule has 176 valence electrons. The number of hydrogen-bond acceptors (Lipinski definition) is 6. The van der Waals surface area contributed by atoms with Gasteiger partial charge in [0.15, 0.2) is 6.61 Å². The van der Waals surface area contributed by atoms with E-state index in [0.29, 0.717) is 28.4 Å². The van der Waals surface area contributed by atoms with Gasteiger partial charge in [-0.3, -0.25) is 4.79 Å². The van der Waals surface area contributed by atoms with Gasteiger partial charge in [0, 0.05) is 15.4 Å². The van der Waals surface area contributed by atoms with Crippen LogP contribution in [0.1, 0.15) is 15.9 Å². The van der Waals surface area contributed by atoms with Crippen molar-refractivity contribution in [3.8, 4) is 17.2 Å². The Labute approximate surface area is 210 Å². The number of amides is 1. The van der Waals surface area contributed by atoms with Crippen LogP contribution in [0.4, 0.5) is 0 Å². The number of methoxy groups -OCH3 is 1. The Morgan fingerprint density at radius 1 is 0.943 bits per heavy atom. The zero-order valence-corrected chi connectivity index (χ0v) is 20.3. The van der Waals surface area contributed by atoms with Crippen molar-refractivity contribution in [1.82, 2.24) is 5.43 Å². The van der Waals surface area contributed by atoms with Gasteiger partial charge in [-0.1, -0.05) is 52.3 Å². The number of nitrogens with one attached hydrogen (secondary N) is 1. The fourth-order valence-electron chi connectivity index (χ4n) is 3.27. The molecule has 0 aromatic heterocycles. The van der Waals surface area contributed by atoms with Crippen LogP contribution in [0.15, 0.2) is 94.5 Å². The lowest BCUT2D eigenvalue weighted by Gasteiger charge is -2.09. The molecule has 4 aromatic rings. The van der Waals surface area contributed by atoms with Gasteiger partial charge in [0.05, 0.1) is 18.9 Å². The summed E-state index contributed by atoms with van der Waals surface area (Å²) >= 11 is 3.39. The molecule has 0 atom stereocenters. The molecule has 4 aromatic carbocycles. The third-order valence-corrected chi connectivity index (χ3v) is 5.49. The van der Waals surface area contributed by atoms with Gasteiger partial charge >= 0.3 is 5.97 Å². The molecule has 0 unspecified atom stereocenters. The van der Waals surface area contributed by atoms with Crippen LogP contribution in [0, 0.1) is 0 Å². The summed E-state index contributed by atoms with van der Waals surface area (Å²) in [4.78, 5) is 24.8. The SMILES string of the molecule is COc1ccc(C(=O)Oc2ccc(Br)cc2C=NNC(=O)COc2cccc3ccccc23)cc1. The molecule has 0 heterocycles. The van der Waals surface area contributed by atoms with E-state index >= 15 is 0 Å². The minimum absolute atomic E-state index is 0.205. The van der Waals surface area contributed by atoms with Crippen LogP contribution in [0.2, 0.25) is 0 Å². The summed E-state index contributed by atoms with van der Waals surface area (Å²) < 4.78 is 17.1. The predicted octanol–water partition coefficient (Wildman–Crippen LogP) is 5.36. The molecular formula is C27H21BrN2O5. The predicted molar refractivity (Wildman–Crippen MR) is 137 cm³/mol. The molecule has 7 nitrogen and oxygen atoms in total. The summed E-state index contributed by atoms with van der Waals surface area (Å²) in [5, 5.41) is 5.93. The lowest BCUT2D eigenvalue weighted by atomic mass is 10.1. The summed E-state index contributed by atoms with van der Waals surface area (Å²) in [6.45, 7) is -0.205. The quantitative estimate of drug-likeness (QED) is 0.143. The van der Waals surface area contributed by atoms with Gasteiger partial charge in [-0.05, 0) is 53.9 Å². The largest absolute Gasteiger partial charge is 0.497 e. The molecule has 0 spiro atoms. The van der Waals surface area contributed by atoms with Crippen LogP contribution in [-0.2, 0) is 4.79 Å². The molecule has 35 heavy (non-hydrogen) atoms. The normalized spacial score (nSPS) is 10.8. The minimum Gasteiger partial charge on any atom is -0.497 e. The van der Waals surface area contributed by atoms with Crippen molar-refractivity contribution in [2.75, 3.05) is 13.7 Å². The molecule has 0 radical (unpaired) electrons. The van der Waals surface area contributed by atoms with E-state index in [0.717, 1.165) is 15.2 Å². The number of fused-ring (bicyclic) bond motifs is 1. The number of benzene rings is 4. The molecule has 8 heteroatoms. The Hall–Kier alpha value is -4.17. The molecular weight excluding hydrogens is 512 g/mol. The van der Waals surface area contributed by atoms with Crippen LogP contribution in [0.25, 0.3) is 10.8 Å². The summed E-state index contributed by atoms with van der Waals surface area (Å²) in [6, 6.07) is 25.1. The van der Waals surface area contributed by atoms with Crippen LogP contribution >= 0.6 is 15.9 Å². The molecule has 4 rings (SSSR count). The number of halogens is 1. The van der Waals surface area contributed by atoms with E-state index in [1.54, 1.807) is 49.6 Å². The Morgan fingerprint density at radius 2 is 1.71 bits per heavy atom. The molecule has 0 saturated carbocycles. The van der Waals surface area contributed by atoms with E-state index in [4.69, 9.17) is 14.2 Å². The fourth-order valence-corrected chi connectivity index (χ4v) is 3.65. The van der Waals surface area contributed by atoms with E-state index in [1.807, 2.05) is 42.5 Å². The number of rotatable bonds is 8. The first-order valence-corrected chi connectivity index (χ1v) is 11.4. The highest BCUT2D eigenvalue weighted by Crippen LogP contribution is 2.25. The van der Waals surface area contributed by atoms with Crippen molar-refractivity contribution in [3.63, 3.8) is 0 Å². The van der Waals surface area contributed by atoms with Gasteiger partial charge in [0.25, 0.3) is 5.91 Å². The molecule has 0 aliphatic carbocycles. The van der Waals surface area contributed by atoms with Gasteiger partial charge < -0.3 is 14.2 Å². The molecule has 0 saturated heterocycles. The summed E-state index contributed by atoms with van der Waals surface area (Å²) in [5.74, 6) is 0.581. The maximum atomic E-state index is 12.5. The zero-order valence-electron chi connectivity index (χ0n) is 18.7. The highest BCUT2D eigenvalue weighted by Gasteiger charge is 2.12. The number of carbonyl (C=O) groups excluding carboxylic acids is 2. The molecule has 0 aliphatic rings. The third kappa shape index (κ3) is 6.24. The van der Waals surface area contributed by atoms with E-state index in [9.17, 15) is 9.59 Å². The highest BCUT2D eigenvalue weighted by atomic mass is 79.9. The monoisotopic (exact) mass is 532 g/mol. The summed E-state index contributed by atoms with van der Waals surface area (Å²) in [5.41, 5.74) is 3.30. The van der Waals surface area contributed by atoms with Crippen LogP contribution < -0.4 is 19.6 Å². The lowest BCUT2D eigenvalue weighted by Crippen LogP contribution is -2.24. The lowest BCUT2D eigenvalue weighted by molar-refractivity contribution is -0.123. The molecule has 0 bridgehead atoms. The van der Waals surface area contributed by atoms with E-state index < -0.39 is 11.9 Å². The maximum Gasteiger partial charge on any atom is 0.343 e. The Morgan fingerprint density at radius 3 is 2.51 bits per heavy atom. The van der Waals surface area contributed by atoms with Crippen molar-refractivity contribution in [2.45, 2.75) is 0 Å². The smallest absolute Gasteiger partial charge is 0.343 e. The molecule has 1 amide bonds. The van der Waals surface area contributed by atoms with Gasteiger partial charge in [-0.2, -0.15) is 5.10 Å². The second-order valence-corrected chi connectivity index (χ2v) is 8.27. The Kier molecular flexibility index (Phi) is 7.74. The van der Waals surface area contributed by atoms with Gasteiger partial charge in [-0.25, -0.2) is 10.2 Å². The second kappa shape index (κ2) is 11.3. The fraction of sp³-hybridized carbons (Fsp3) is 0.0741. The molecule has 0 aliphatic heterocycles. The van der Waals surface area contributed by atoms with Crippen molar-refractivity contribution >= 4 is 44.8 Å². The van der Waals surface area contributed by atoms with Crippen molar-refractivity contribution in [1.29, 1.82) is 0 Å². The summed E-state index contributed by atoms with van der Waals surface area (Å²) in [6.07, 6.45) is 1.40. The Balaban J connectivity index is 1.38. The molecule has 1 N–H and O–H groups in total. The average molecular weight is 533 g/mol. The van der Waals surface area contributed by atoms with Gasteiger partial charge in [-0.15, -0.1) is 0 Å². The standard InChI is InChI=1S/C27H21BrN2O5/c1-33-22-12-9-19(10-13-22)27(32)35-24-14-11-21(28)15-20(24)16-29-30-26(31)17-34-25-8-4-6-18-5-2-3-7-23(18)25/h2-16H,17H2,1H3,(H,30,31). The molecule has 0 fully saturated rings. The number of carbonyl (C=O) groups is 2. The average Bonchev–Trinajstić information content (AvgIpc) is 2.89. The minimum atomic E-state index is -0.530. The van der Waals surface area contributed by atoms with E-state index in [1.165, 1.54) is 6.21 Å². The highest BCUT2D eigenvalue weighted by molar-refractivity contribution is 9.10. The second-order valence-electron chi connectivity index (χ2n) is 7.36.